The molecule has 2 aliphatic carbocycles. The van der Waals surface area contributed by atoms with Gasteiger partial charge in [-0.1, -0.05) is 26.0 Å². The smallest absolute Gasteiger partial charge is 0.233 e. The second-order valence-corrected chi connectivity index (χ2v) is 7.59. The molecule has 0 radical (unpaired) electrons. The third-order valence-electron chi connectivity index (χ3n) is 5.44. The second kappa shape index (κ2) is 7.79. The van der Waals surface area contributed by atoms with Gasteiger partial charge in [0.25, 0.3) is 0 Å². The zero-order valence-electron chi connectivity index (χ0n) is 14.8. The van der Waals surface area contributed by atoms with Crippen LogP contribution in [-0.2, 0) is 19.1 Å². The maximum Gasteiger partial charge on any atom is 0.233 e. The normalized spacial score (nSPS) is 30.9. The number of ether oxygens (including phenoxy) is 2. The Kier molecular flexibility index (Phi) is 5.72. The Morgan fingerprint density at radius 3 is 2.17 bits per heavy atom. The molecule has 0 aromatic heterocycles. The van der Waals surface area contributed by atoms with Crippen LogP contribution in [0, 0.1) is 29.6 Å². The van der Waals surface area contributed by atoms with Gasteiger partial charge in [-0.2, -0.15) is 0 Å². The van der Waals surface area contributed by atoms with E-state index in [2.05, 4.69) is 26.0 Å². The van der Waals surface area contributed by atoms with Gasteiger partial charge < -0.3 is 9.47 Å². The summed E-state index contributed by atoms with van der Waals surface area (Å²) in [5, 5.41) is 0. The van der Waals surface area contributed by atoms with Crippen LogP contribution >= 0.6 is 0 Å². The highest BCUT2D eigenvalue weighted by molar-refractivity contribution is 6.06. The molecule has 1 saturated carbocycles. The predicted molar refractivity (Wildman–Crippen MR) is 90.1 cm³/mol. The van der Waals surface area contributed by atoms with Crippen LogP contribution in [0.25, 0.3) is 0 Å². The number of hydrogen-bond donors (Lipinski definition) is 0. The minimum absolute atomic E-state index is 0.0406. The van der Waals surface area contributed by atoms with Crippen LogP contribution in [0.15, 0.2) is 12.2 Å². The van der Waals surface area contributed by atoms with E-state index in [1.807, 2.05) is 0 Å². The SMILES string of the molecule is CC(C)CCOCCOCCCN1C(=O)[C@@H]2[C@@H](C1=O)[C@H]1C=C[C@@H]2C1. The van der Waals surface area contributed by atoms with E-state index in [0.717, 1.165) is 19.4 Å². The molecule has 2 fully saturated rings. The molecule has 1 saturated heterocycles. The molecular formula is C19H29NO4. The highest BCUT2D eigenvalue weighted by Gasteiger charge is 2.58. The van der Waals surface area contributed by atoms with Gasteiger partial charge in [-0.25, -0.2) is 0 Å². The number of likely N-dealkylation sites (tertiary alicyclic amines) is 1. The van der Waals surface area contributed by atoms with E-state index in [9.17, 15) is 9.59 Å². The van der Waals surface area contributed by atoms with Crippen molar-refractivity contribution in [2.45, 2.75) is 33.1 Å². The van der Waals surface area contributed by atoms with Gasteiger partial charge in [0.1, 0.15) is 0 Å². The van der Waals surface area contributed by atoms with Crippen LogP contribution in [0.1, 0.15) is 33.1 Å². The molecule has 4 atom stereocenters. The van der Waals surface area contributed by atoms with Gasteiger partial charge in [0, 0.05) is 19.8 Å². The van der Waals surface area contributed by atoms with Crippen molar-refractivity contribution in [3.8, 4) is 0 Å². The van der Waals surface area contributed by atoms with Crippen molar-refractivity contribution in [3.63, 3.8) is 0 Å². The summed E-state index contributed by atoms with van der Waals surface area (Å²) in [4.78, 5) is 26.5. The summed E-state index contributed by atoms with van der Waals surface area (Å²) in [5.41, 5.74) is 0. The van der Waals surface area contributed by atoms with E-state index in [4.69, 9.17) is 9.47 Å². The summed E-state index contributed by atoms with van der Waals surface area (Å²) in [6.45, 7) is 7.35. The molecule has 5 nitrogen and oxygen atoms in total. The molecule has 2 bridgehead atoms. The number of rotatable bonds is 10. The number of hydrogen-bond acceptors (Lipinski definition) is 4. The van der Waals surface area contributed by atoms with Gasteiger partial charge in [-0.05, 0) is 37.0 Å². The Labute approximate surface area is 144 Å². The lowest BCUT2D eigenvalue weighted by molar-refractivity contribution is -0.140. The fourth-order valence-corrected chi connectivity index (χ4v) is 4.15. The predicted octanol–water partition coefficient (Wildman–Crippen LogP) is 2.26. The number of allylic oxidation sites excluding steroid dienone is 2. The first-order chi connectivity index (χ1) is 11.6. The lowest BCUT2D eigenvalue weighted by Crippen LogP contribution is -2.34. The van der Waals surface area contributed by atoms with Crippen molar-refractivity contribution in [1.29, 1.82) is 0 Å². The third-order valence-corrected chi connectivity index (χ3v) is 5.44. The number of fused-ring (bicyclic) bond motifs is 5. The Balaban J connectivity index is 1.29. The topological polar surface area (TPSA) is 55.8 Å². The average Bonchev–Trinajstić information content (AvgIpc) is 3.21. The van der Waals surface area contributed by atoms with Crippen LogP contribution < -0.4 is 0 Å². The van der Waals surface area contributed by atoms with Gasteiger partial charge in [-0.3, -0.25) is 14.5 Å². The molecule has 0 spiro atoms. The quantitative estimate of drug-likeness (QED) is 0.349. The first-order valence-electron chi connectivity index (χ1n) is 9.28. The molecule has 0 unspecified atom stereocenters. The summed E-state index contributed by atoms with van der Waals surface area (Å²) >= 11 is 0. The van der Waals surface area contributed by atoms with E-state index in [0.29, 0.717) is 50.5 Å². The summed E-state index contributed by atoms with van der Waals surface area (Å²) in [7, 11) is 0. The number of carbonyl (C=O) groups excluding carboxylic acids is 2. The van der Waals surface area contributed by atoms with Crippen molar-refractivity contribution < 1.29 is 19.1 Å². The van der Waals surface area contributed by atoms with Gasteiger partial charge in [0.05, 0.1) is 25.0 Å². The third kappa shape index (κ3) is 3.57. The Morgan fingerprint density at radius 1 is 1.00 bits per heavy atom. The first kappa shape index (κ1) is 17.6. The minimum atomic E-state index is -0.0808. The summed E-state index contributed by atoms with van der Waals surface area (Å²) in [5.74, 6) is 1.16. The van der Waals surface area contributed by atoms with Crippen LogP contribution in [0.2, 0.25) is 0 Å². The highest BCUT2D eigenvalue weighted by atomic mass is 16.5. The van der Waals surface area contributed by atoms with E-state index in [1.165, 1.54) is 4.90 Å². The molecule has 0 aromatic carbocycles. The van der Waals surface area contributed by atoms with Crippen molar-refractivity contribution in [1.82, 2.24) is 4.90 Å². The fourth-order valence-electron chi connectivity index (χ4n) is 4.15. The Morgan fingerprint density at radius 2 is 1.58 bits per heavy atom. The fraction of sp³-hybridized carbons (Fsp3) is 0.789. The van der Waals surface area contributed by atoms with Crippen molar-refractivity contribution in [3.05, 3.63) is 12.2 Å². The Hall–Kier alpha value is -1.20. The molecule has 1 aliphatic heterocycles. The molecule has 134 valence electrons. The summed E-state index contributed by atoms with van der Waals surface area (Å²) < 4.78 is 11.0. The number of imide groups is 1. The molecule has 0 N–H and O–H groups in total. The number of amides is 2. The monoisotopic (exact) mass is 335 g/mol. The maximum atomic E-state index is 12.5. The van der Waals surface area contributed by atoms with Crippen LogP contribution in [0.4, 0.5) is 0 Å². The number of nitrogens with zero attached hydrogens (tertiary/aromatic N) is 1. The molecule has 5 heteroatoms. The van der Waals surface area contributed by atoms with Gasteiger partial charge >= 0.3 is 0 Å². The van der Waals surface area contributed by atoms with Gasteiger partial charge in [0.15, 0.2) is 0 Å². The lowest BCUT2D eigenvalue weighted by Gasteiger charge is -2.17. The van der Waals surface area contributed by atoms with Gasteiger partial charge in [0.2, 0.25) is 11.8 Å². The minimum Gasteiger partial charge on any atom is -0.379 e. The molecule has 24 heavy (non-hydrogen) atoms. The van der Waals surface area contributed by atoms with Crippen LogP contribution in [0.3, 0.4) is 0 Å². The van der Waals surface area contributed by atoms with E-state index in [-0.39, 0.29) is 23.7 Å². The molecular weight excluding hydrogens is 306 g/mol. The summed E-state index contributed by atoms with van der Waals surface area (Å²) in [6, 6.07) is 0. The number of carbonyl (C=O) groups is 2. The zero-order valence-corrected chi connectivity index (χ0v) is 14.8. The van der Waals surface area contributed by atoms with Crippen molar-refractivity contribution in [2.24, 2.45) is 29.6 Å². The first-order valence-corrected chi connectivity index (χ1v) is 9.28. The average molecular weight is 335 g/mol. The summed E-state index contributed by atoms with van der Waals surface area (Å²) in [6.07, 6.45) is 7.01. The molecule has 3 aliphatic rings. The van der Waals surface area contributed by atoms with E-state index in [1.54, 1.807) is 0 Å². The van der Waals surface area contributed by atoms with Crippen molar-refractivity contribution in [2.75, 3.05) is 33.0 Å². The van der Waals surface area contributed by atoms with Gasteiger partial charge in [-0.15, -0.1) is 0 Å². The zero-order chi connectivity index (χ0) is 17.1. The van der Waals surface area contributed by atoms with Crippen molar-refractivity contribution >= 4 is 11.8 Å². The Bertz CT molecular complexity index is 472. The van der Waals surface area contributed by atoms with E-state index < -0.39 is 0 Å². The molecule has 2 amide bonds. The van der Waals surface area contributed by atoms with E-state index >= 15 is 0 Å². The van der Waals surface area contributed by atoms with Crippen LogP contribution in [0.5, 0.6) is 0 Å². The second-order valence-electron chi connectivity index (χ2n) is 7.59. The largest absolute Gasteiger partial charge is 0.379 e. The maximum absolute atomic E-state index is 12.5. The van der Waals surface area contributed by atoms with Crippen LogP contribution in [-0.4, -0.2) is 49.7 Å². The molecule has 1 heterocycles. The highest BCUT2D eigenvalue weighted by Crippen LogP contribution is 2.52. The standard InChI is InChI=1S/C19H29NO4/c1-13(2)6-9-24-11-10-23-8-3-7-20-18(21)16-14-4-5-15(12-14)17(16)19(20)22/h4-5,13-17H,3,6-12H2,1-2H3/t14-,15+,16-,17-/m0/s1. The molecule has 0 aromatic rings. The lowest BCUT2D eigenvalue weighted by atomic mass is 9.85. The molecule has 3 rings (SSSR count).